The van der Waals surface area contributed by atoms with Gasteiger partial charge in [0.1, 0.15) is 0 Å². The molecular weight excluding hydrogens is 190 g/mol. The van der Waals surface area contributed by atoms with Crippen molar-refractivity contribution in [2.45, 2.75) is 13.8 Å². The zero-order valence-electron chi connectivity index (χ0n) is 9.03. The Morgan fingerprint density at radius 1 is 1.20 bits per heavy atom. The third kappa shape index (κ3) is 1.83. The highest BCUT2D eigenvalue weighted by molar-refractivity contribution is 5.62. The first-order chi connectivity index (χ1) is 7.20. The lowest BCUT2D eigenvalue weighted by molar-refractivity contribution is 0.533. The van der Waals surface area contributed by atoms with Gasteiger partial charge >= 0.3 is 0 Å². The van der Waals surface area contributed by atoms with Crippen LogP contribution in [0.2, 0.25) is 0 Å². The molecule has 0 bridgehead atoms. The molecule has 1 heterocycles. The van der Waals surface area contributed by atoms with Crippen LogP contribution >= 0.6 is 0 Å². The van der Waals surface area contributed by atoms with Crippen molar-refractivity contribution in [3.8, 4) is 11.5 Å². The molecule has 2 rings (SSSR count). The second-order valence-corrected chi connectivity index (χ2v) is 3.41. The monoisotopic (exact) mass is 203 g/mol. The first-order valence-electron chi connectivity index (χ1n) is 4.79. The van der Waals surface area contributed by atoms with E-state index in [2.05, 4.69) is 15.5 Å². The fraction of sp³-hybridized carbons (Fsp3) is 0.273. The first kappa shape index (κ1) is 9.71. The van der Waals surface area contributed by atoms with Crippen LogP contribution < -0.4 is 5.32 Å². The first-order valence-corrected chi connectivity index (χ1v) is 4.79. The van der Waals surface area contributed by atoms with Crippen molar-refractivity contribution in [2.75, 3.05) is 12.4 Å². The van der Waals surface area contributed by atoms with Gasteiger partial charge in [0.2, 0.25) is 11.8 Å². The number of rotatable bonds is 2. The van der Waals surface area contributed by atoms with Crippen LogP contribution in [0, 0.1) is 13.8 Å². The molecule has 1 N–H and O–H groups in total. The highest BCUT2D eigenvalue weighted by atomic mass is 16.4. The summed E-state index contributed by atoms with van der Waals surface area (Å²) in [7, 11) is 1.90. The number of hydrogen-bond acceptors (Lipinski definition) is 4. The van der Waals surface area contributed by atoms with Crippen LogP contribution in [0.4, 0.5) is 5.69 Å². The van der Waals surface area contributed by atoms with Crippen LogP contribution in [0.15, 0.2) is 22.6 Å². The van der Waals surface area contributed by atoms with Crippen LogP contribution in [0.3, 0.4) is 0 Å². The molecule has 0 amide bonds. The summed E-state index contributed by atoms with van der Waals surface area (Å²) in [5.41, 5.74) is 3.22. The van der Waals surface area contributed by atoms with E-state index in [0.717, 1.165) is 16.8 Å². The number of hydrogen-bond donors (Lipinski definition) is 1. The highest BCUT2D eigenvalue weighted by Gasteiger charge is 2.06. The Bertz CT molecular complexity index is 476. The summed E-state index contributed by atoms with van der Waals surface area (Å²) in [6.45, 7) is 3.82. The number of aromatic nitrogens is 2. The summed E-state index contributed by atoms with van der Waals surface area (Å²) in [6, 6.07) is 5.99. The summed E-state index contributed by atoms with van der Waals surface area (Å²) in [5, 5.41) is 10.9. The van der Waals surface area contributed by atoms with Gasteiger partial charge in [-0.05, 0) is 30.7 Å². The van der Waals surface area contributed by atoms with Gasteiger partial charge in [0.15, 0.2) is 0 Å². The Balaban J connectivity index is 2.42. The van der Waals surface area contributed by atoms with E-state index in [9.17, 15) is 0 Å². The molecule has 0 saturated carbocycles. The minimum Gasteiger partial charge on any atom is -0.421 e. The van der Waals surface area contributed by atoms with E-state index in [-0.39, 0.29) is 0 Å². The van der Waals surface area contributed by atoms with Crippen molar-refractivity contribution in [1.29, 1.82) is 0 Å². The number of benzene rings is 1. The SMILES string of the molecule is CNc1ccc(-c2nnc(C)o2)cc1C. The zero-order chi connectivity index (χ0) is 10.8. The third-order valence-corrected chi connectivity index (χ3v) is 2.27. The quantitative estimate of drug-likeness (QED) is 0.814. The fourth-order valence-corrected chi connectivity index (χ4v) is 1.49. The minimum absolute atomic E-state index is 0.568. The maximum absolute atomic E-state index is 5.36. The van der Waals surface area contributed by atoms with E-state index in [0.29, 0.717) is 11.8 Å². The van der Waals surface area contributed by atoms with E-state index >= 15 is 0 Å². The number of aryl methyl sites for hydroxylation is 2. The second kappa shape index (κ2) is 3.73. The number of nitrogens with one attached hydrogen (secondary N) is 1. The molecule has 15 heavy (non-hydrogen) atoms. The summed E-state index contributed by atoms with van der Waals surface area (Å²) in [6.07, 6.45) is 0. The summed E-state index contributed by atoms with van der Waals surface area (Å²) >= 11 is 0. The van der Waals surface area contributed by atoms with Gasteiger partial charge in [-0.15, -0.1) is 10.2 Å². The van der Waals surface area contributed by atoms with Crippen LogP contribution in [-0.2, 0) is 0 Å². The Labute approximate surface area is 88.3 Å². The minimum atomic E-state index is 0.568. The summed E-state index contributed by atoms with van der Waals surface area (Å²) in [5.74, 6) is 1.15. The molecule has 0 saturated heterocycles. The zero-order valence-corrected chi connectivity index (χ0v) is 9.03. The van der Waals surface area contributed by atoms with Gasteiger partial charge in [-0.3, -0.25) is 0 Å². The highest BCUT2D eigenvalue weighted by Crippen LogP contribution is 2.23. The molecule has 1 aromatic carbocycles. The Hall–Kier alpha value is -1.84. The topological polar surface area (TPSA) is 51.0 Å². The van der Waals surface area contributed by atoms with Crippen LogP contribution in [0.5, 0.6) is 0 Å². The van der Waals surface area contributed by atoms with Gasteiger partial charge in [-0.2, -0.15) is 0 Å². The van der Waals surface area contributed by atoms with Crippen LogP contribution in [0.1, 0.15) is 11.5 Å². The molecule has 78 valence electrons. The summed E-state index contributed by atoms with van der Waals surface area (Å²) < 4.78 is 5.36. The molecule has 2 aromatic rings. The van der Waals surface area contributed by atoms with Gasteiger partial charge in [-0.25, -0.2) is 0 Å². The molecule has 0 unspecified atom stereocenters. The van der Waals surface area contributed by atoms with Crippen LogP contribution in [-0.4, -0.2) is 17.2 Å². The second-order valence-electron chi connectivity index (χ2n) is 3.41. The van der Waals surface area contributed by atoms with Crippen molar-refractivity contribution >= 4 is 5.69 Å². The number of anilines is 1. The van der Waals surface area contributed by atoms with Gasteiger partial charge < -0.3 is 9.73 Å². The molecule has 0 aliphatic heterocycles. The lowest BCUT2D eigenvalue weighted by Crippen LogP contribution is -1.91. The lowest BCUT2D eigenvalue weighted by Gasteiger charge is -2.05. The normalized spacial score (nSPS) is 10.3. The van der Waals surface area contributed by atoms with E-state index in [1.807, 2.05) is 32.2 Å². The molecule has 1 aromatic heterocycles. The van der Waals surface area contributed by atoms with E-state index in [1.165, 1.54) is 0 Å². The average molecular weight is 203 g/mol. The Kier molecular flexibility index (Phi) is 2.41. The standard InChI is InChI=1S/C11H13N3O/c1-7-6-9(4-5-10(7)12-3)11-14-13-8(2)15-11/h4-6,12H,1-3H3. The molecule has 4 heteroatoms. The molecule has 0 fully saturated rings. The molecular formula is C11H13N3O. The summed E-state index contributed by atoms with van der Waals surface area (Å²) in [4.78, 5) is 0. The van der Waals surface area contributed by atoms with Gasteiger partial charge in [0.05, 0.1) is 0 Å². The van der Waals surface area contributed by atoms with Crippen molar-refractivity contribution < 1.29 is 4.42 Å². The smallest absolute Gasteiger partial charge is 0.247 e. The lowest BCUT2D eigenvalue weighted by atomic mass is 10.1. The van der Waals surface area contributed by atoms with Crippen molar-refractivity contribution in [3.63, 3.8) is 0 Å². The molecule has 0 spiro atoms. The molecule has 0 atom stereocenters. The van der Waals surface area contributed by atoms with E-state index in [1.54, 1.807) is 6.92 Å². The molecule has 0 aliphatic carbocycles. The van der Waals surface area contributed by atoms with Gasteiger partial charge in [0, 0.05) is 25.2 Å². The third-order valence-electron chi connectivity index (χ3n) is 2.27. The van der Waals surface area contributed by atoms with Gasteiger partial charge in [-0.1, -0.05) is 0 Å². The van der Waals surface area contributed by atoms with Crippen molar-refractivity contribution in [2.24, 2.45) is 0 Å². The molecule has 0 radical (unpaired) electrons. The van der Waals surface area contributed by atoms with Crippen LogP contribution in [0.25, 0.3) is 11.5 Å². The molecule has 0 aliphatic rings. The average Bonchev–Trinajstić information content (AvgIpc) is 2.65. The van der Waals surface area contributed by atoms with Crippen molar-refractivity contribution in [3.05, 3.63) is 29.7 Å². The number of nitrogens with zero attached hydrogens (tertiary/aromatic N) is 2. The van der Waals surface area contributed by atoms with Gasteiger partial charge in [0.25, 0.3) is 0 Å². The Morgan fingerprint density at radius 2 is 2.00 bits per heavy atom. The van der Waals surface area contributed by atoms with E-state index in [4.69, 9.17) is 4.42 Å². The molecule has 4 nitrogen and oxygen atoms in total. The fourth-order valence-electron chi connectivity index (χ4n) is 1.49. The predicted octanol–water partition coefficient (Wildman–Crippen LogP) is 2.40. The Morgan fingerprint density at radius 3 is 2.53 bits per heavy atom. The predicted molar refractivity (Wildman–Crippen MR) is 58.8 cm³/mol. The largest absolute Gasteiger partial charge is 0.421 e. The van der Waals surface area contributed by atoms with Crippen molar-refractivity contribution in [1.82, 2.24) is 10.2 Å². The maximum atomic E-state index is 5.36. The maximum Gasteiger partial charge on any atom is 0.247 e. The van der Waals surface area contributed by atoms with E-state index < -0.39 is 0 Å².